The molecule has 4 N–H and O–H groups in total. The second kappa shape index (κ2) is 4.08. The summed E-state index contributed by atoms with van der Waals surface area (Å²) >= 11 is 0. The minimum absolute atomic E-state index is 0.153. The monoisotopic (exact) mass is 282 g/mol. The van der Waals surface area contributed by atoms with E-state index in [2.05, 4.69) is 9.98 Å². The number of hydrogen-bond acceptors (Lipinski definition) is 4. The van der Waals surface area contributed by atoms with E-state index in [1.807, 2.05) is 6.07 Å². The molecule has 0 unspecified atom stereocenters. The predicted molar refractivity (Wildman–Crippen MR) is 80.7 cm³/mol. The van der Waals surface area contributed by atoms with Crippen LogP contribution in [0.15, 0.2) is 34.2 Å². The number of nitrogens with two attached hydrogens (primary N) is 1. The second-order valence-electron chi connectivity index (χ2n) is 5.15. The van der Waals surface area contributed by atoms with Crippen LogP contribution in [0.2, 0.25) is 0 Å². The average Bonchev–Trinajstić information content (AvgIpc) is 3.17. The Balaban J connectivity index is 1.89. The van der Waals surface area contributed by atoms with Gasteiger partial charge in [-0.2, -0.15) is 0 Å². The van der Waals surface area contributed by atoms with Crippen molar-refractivity contribution in [1.29, 1.82) is 5.41 Å². The highest BCUT2D eigenvalue weighted by atomic mass is 16.1. The highest BCUT2D eigenvalue weighted by Crippen LogP contribution is 2.24. The Hall–Kier alpha value is -2.83. The van der Waals surface area contributed by atoms with Crippen LogP contribution in [0.1, 0.15) is 17.7 Å². The number of anilines is 1. The van der Waals surface area contributed by atoms with Crippen LogP contribution in [0.25, 0.3) is 0 Å². The first kappa shape index (κ1) is 12.0. The molecule has 0 aromatic carbocycles. The lowest BCUT2D eigenvalue weighted by molar-refractivity contribution is 0.601. The minimum atomic E-state index is -0.153. The van der Waals surface area contributed by atoms with Gasteiger partial charge in [-0.3, -0.25) is 9.48 Å². The fourth-order valence-electron chi connectivity index (χ4n) is 2.89. The van der Waals surface area contributed by atoms with E-state index < -0.39 is 0 Å². The molecule has 0 saturated carbocycles. The number of fused-ring (bicyclic) bond motifs is 2. The van der Waals surface area contributed by atoms with Crippen LogP contribution in [-0.4, -0.2) is 25.8 Å². The number of aliphatic imine (C=N–C) groups is 1. The standard InChI is InChI=1S/C14H14N6O/c15-9-2-3-10(11-8(9)4-5-17-11)18-12-13(16)19-6-1-7-20(19)14(12)21/h2-5,15,17H,1,6-7,16H2. The smallest absolute Gasteiger partial charge is 0.294 e. The van der Waals surface area contributed by atoms with Crippen molar-refractivity contribution in [3.8, 4) is 0 Å². The lowest BCUT2D eigenvalue weighted by atomic mass is 10.0. The number of nitrogens with one attached hydrogen (secondary N) is 2. The van der Waals surface area contributed by atoms with Gasteiger partial charge in [0, 0.05) is 24.8 Å². The summed E-state index contributed by atoms with van der Waals surface area (Å²) in [7, 11) is 0. The maximum atomic E-state index is 12.3. The molecule has 0 amide bonds. The van der Waals surface area contributed by atoms with Crippen molar-refractivity contribution in [1.82, 2.24) is 14.3 Å². The van der Waals surface area contributed by atoms with Crippen molar-refractivity contribution in [3.63, 3.8) is 0 Å². The van der Waals surface area contributed by atoms with E-state index in [1.54, 1.807) is 27.7 Å². The summed E-state index contributed by atoms with van der Waals surface area (Å²) in [6.07, 6.45) is 6.09. The van der Waals surface area contributed by atoms with Crippen molar-refractivity contribution in [2.45, 2.75) is 19.5 Å². The number of H-pyrrole nitrogens is 1. The molecule has 0 saturated heterocycles. The van der Waals surface area contributed by atoms with Gasteiger partial charge in [-0.15, -0.1) is 0 Å². The van der Waals surface area contributed by atoms with Crippen LogP contribution < -0.4 is 11.3 Å². The molecule has 106 valence electrons. The van der Waals surface area contributed by atoms with Gasteiger partial charge in [0.05, 0.1) is 17.1 Å². The van der Waals surface area contributed by atoms with Crippen LogP contribution >= 0.6 is 0 Å². The lowest BCUT2D eigenvalue weighted by Crippen LogP contribution is -2.17. The zero-order chi connectivity index (χ0) is 14.6. The molecule has 0 fully saturated rings. The SMILES string of the molecule is N=C1C=CC(=Nc2c(N)n3n(c2=O)CCC3)c2[nH]ccc21. The van der Waals surface area contributed by atoms with Crippen LogP contribution in [0.3, 0.4) is 0 Å². The summed E-state index contributed by atoms with van der Waals surface area (Å²) in [5, 5.41) is 7.86. The quantitative estimate of drug-likeness (QED) is 0.726. The molecule has 3 heterocycles. The minimum Gasteiger partial charge on any atom is -0.382 e. The van der Waals surface area contributed by atoms with E-state index in [9.17, 15) is 4.79 Å². The van der Waals surface area contributed by atoms with Gasteiger partial charge in [-0.1, -0.05) is 0 Å². The Labute approximate surface area is 119 Å². The van der Waals surface area contributed by atoms with E-state index in [4.69, 9.17) is 11.1 Å². The number of nitrogens with zero attached hydrogens (tertiary/aromatic N) is 3. The van der Waals surface area contributed by atoms with Gasteiger partial charge in [0.25, 0.3) is 5.56 Å². The van der Waals surface area contributed by atoms with Gasteiger partial charge in [-0.05, 0) is 24.6 Å². The third-order valence-corrected chi connectivity index (χ3v) is 3.92. The van der Waals surface area contributed by atoms with Crippen molar-refractivity contribution in [2.24, 2.45) is 4.99 Å². The number of aromatic nitrogens is 3. The molecule has 4 rings (SSSR count). The van der Waals surface area contributed by atoms with Crippen molar-refractivity contribution in [3.05, 3.63) is 46.0 Å². The summed E-state index contributed by atoms with van der Waals surface area (Å²) < 4.78 is 3.42. The topological polar surface area (TPSA) is 105 Å². The van der Waals surface area contributed by atoms with Gasteiger partial charge in [0.15, 0.2) is 11.5 Å². The molecule has 0 atom stereocenters. The van der Waals surface area contributed by atoms with Crippen LogP contribution in [0, 0.1) is 5.41 Å². The highest BCUT2D eigenvalue weighted by molar-refractivity contribution is 6.24. The Morgan fingerprint density at radius 2 is 2.10 bits per heavy atom. The first-order valence-electron chi connectivity index (χ1n) is 6.79. The number of rotatable bonds is 1. The first-order valence-corrected chi connectivity index (χ1v) is 6.79. The molecule has 1 aliphatic carbocycles. The average molecular weight is 282 g/mol. The zero-order valence-corrected chi connectivity index (χ0v) is 11.3. The Kier molecular flexibility index (Phi) is 2.32. The van der Waals surface area contributed by atoms with Gasteiger partial charge >= 0.3 is 0 Å². The molecule has 7 nitrogen and oxygen atoms in total. The molecular weight excluding hydrogens is 268 g/mol. The molecule has 0 spiro atoms. The summed E-state index contributed by atoms with van der Waals surface area (Å²) in [4.78, 5) is 19.9. The van der Waals surface area contributed by atoms with E-state index in [0.717, 1.165) is 24.2 Å². The second-order valence-corrected chi connectivity index (χ2v) is 5.15. The zero-order valence-electron chi connectivity index (χ0n) is 11.3. The molecule has 0 radical (unpaired) electrons. The summed E-state index contributed by atoms with van der Waals surface area (Å²) in [6.45, 7) is 1.43. The number of hydrogen-bond donors (Lipinski definition) is 3. The molecule has 7 heteroatoms. The number of nitrogen functional groups attached to an aromatic ring is 1. The van der Waals surface area contributed by atoms with E-state index in [-0.39, 0.29) is 11.2 Å². The molecule has 1 aliphatic heterocycles. The molecule has 0 bridgehead atoms. The van der Waals surface area contributed by atoms with Gasteiger partial charge in [0.2, 0.25) is 0 Å². The highest BCUT2D eigenvalue weighted by Gasteiger charge is 2.23. The lowest BCUT2D eigenvalue weighted by Gasteiger charge is -2.08. The fraction of sp³-hybridized carbons (Fsp3) is 0.214. The van der Waals surface area contributed by atoms with Crippen molar-refractivity contribution in [2.75, 3.05) is 5.73 Å². The van der Waals surface area contributed by atoms with Crippen LogP contribution in [0.5, 0.6) is 0 Å². The van der Waals surface area contributed by atoms with Crippen LogP contribution in [0.4, 0.5) is 11.5 Å². The molecule has 2 aromatic heterocycles. The van der Waals surface area contributed by atoms with Crippen molar-refractivity contribution >= 4 is 22.9 Å². The fourth-order valence-corrected chi connectivity index (χ4v) is 2.89. The number of aromatic amines is 1. The van der Waals surface area contributed by atoms with Crippen LogP contribution in [-0.2, 0) is 13.1 Å². The van der Waals surface area contributed by atoms with E-state index >= 15 is 0 Å². The Morgan fingerprint density at radius 1 is 1.29 bits per heavy atom. The number of allylic oxidation sites excluding steroid dienone is 2. The summed E-state index contributed by atoms with van der Waals surface area (Å²) in [5.41, 5.74) is 8.76. The van der Waals surface area contributed by atoms with Gasteiger partial charge in [-0.25, -0.2) is 9.67 Å². The molecule has 2 aromatic rings. The van der Waals surface area contributed by atoms with E-state index in [0.29, 0.717) is 23.8 Å². The summed E-state index contributed by atoms with van der Waals surface area (Å²) in [5.74, 6) is 0.409. The predicted octanol–water partition coefficient (Wildman–Crippen LogP) is 1.02. The molecular formula is C14H14N6O. The normalized spacial score (nSPS) is 18.3. The van der Waals surface area contributed by atoms with Crippen molar-refractivity contribution < 1.29 is 0 Å². The molecule has 21 heavy (non-hydrogen) atoms. The third-order valence-electron chi connectivity index (χ3n) is 3.92. The van der Waals surface area contributed by atoms with E-state index in [1.165, 1.54) is 0 Å². The maximum Gasteiger partial charge on any atom is 0.294 e. The third kappa shape index (κ3) is 1.57. The summed E-state index contributed by atoms with van der Waals surface area (Å²) in [6, 6.07) is 1.83. The van der Waals surface area contributed by atoms with Gasteiger partial charge < -0.3 is 16.1 Å². The molecule has 2 aliphatic rings. The Morgan fingerprint density at radius 3 is 2.90 bits per heavy atom. The van der Waals surface area contributed by atoms with Gasteiger partial charge in [0.1, 0.15) is 0 Å². The maximum absolute atomic E-state index is 12.3. The largest absolute Gasteiger partial charge is 0.382 e. The Bertz CT molecular complexity index is 876. The first-order chi connectivity index (χ1) is 10.2.